The number of aryl methyl sites for hydroxylation is 1. The molecule has 2 fully saturated rings. The van der Waals surface area contributed by atoms with Gasteiger partial charge in [-0.05, 0) is 49.1 Å². The lowest BCUT2D eigenvalue weighted by molar-refractivity contribution is -0.0872. The molecule has 2 heterocycles. The molecule has 0 aliphatic carbocycles. The number of benzene rings is 2. The van der Waals surface area contributed by atoms with Crippen molar-refractivity contribution in [3.05, 3.63) is 65.2 Å². The summed E-state index contributed by atoms with van der Waals surface area (Å²) in [5, 5.41) is 0. The number of fused-ring (bicyclic) bond motifs is 2. The number of carbonyl (C=O) groups is 1. The highest BCUT2D eigenvalue weighted by atomic mass is 16.5. The first-order valence-corrected chi connectivity index (χ1v) is 9.71. The highest BCUT2D eigenvalue weighted by Crippen LogP contribution is 2.35. The van der Waals surface area contributed by atoms with E-state index in [0.29, 0.717) is 25.3 Å². The van der Waals surface area contributed by atoms with Crippen molar-refractivity contribution in [3.63, 3.8) is 0 Å². The molecule has 27 heavy (non-hydrogen) atoms. The number of carbonyl (C=O) groups excluding carboxylic acids is 1. The molecule has 0 radical (unpaired) electrons. The van der Waals surface area contributed by atoms with Gasteiger partial charge in [0.25, 0.3) is 0 Å². The van der Waals surface area contributed by atoms with E-state index in [1.54, 1.807) is 7.11 Å². The van der Waals surface area contributed by atoms with Crippen LogP contribution in [0.4, 0.5) is 0 Å². The number of ether oxygens (including phenoxy) is 2. The summed E-state index contributed by atoms with van der Waals surface area (Å²) in [6.07, 6.45) is 1.72. The van der Waals surface area contributed by atoms with E-state index in [1.165, 1.54) is 5.56 Å². The van der Waals surface area contributed by atoms with Gasteiger partial charge in [0.05, 0.1) is 20.3 Å². The number of piperidine rings is 1. The van der Waals surface area contributed by atoms with Crippen LogP contribution in [0.3, 0.4) is 0 Å². The monoisotopic (exact) mass is 365 g/mol. The molecule has 0 N–H and O–H groups in total. The van der Waals surface area contributed by atoms with Crippen LogP contribution >= 0.6 is 0 Å². The SMILES string of the molecule is COc1cc(C)cc(C(=O)C2CC3COCC(C2)N3Cc2ccccc2)c1. The molecule has 2 aliphatic rings. The Morgan fingerprint density at radius 2 is 1.81 bits per heavy atom. The molecule has 2 saturated heterocycles. The minimum atomic E-state index is 0.0578. The summed E-state index contributed by atoms with van der Waals surface area (Å²) in [5.41, 5.74) is 3.15. The number of hydrogen-bond donors (Lipinski definition) is 0. The number of rotatable bonds is 5. The first-order chi connectivity index (χ1) is 13.1. The van der Waals surface area contributed by atoms with E-state index < -0.39 is 0 Å². The van der Waals surface area contributed by atoms with Crippen molar-refractivity contribution < 1.29 is 14.3 Å². The maximum Gasteiger partial charge on any atom is 0.166 e. The third-order valence-electron chi connectivity index (χ3n) is 5.82. The molecular weight excluding hydrogens is 338 g/mol. The van der Waals surface area contributed by atoms with Crippen LogP contribution in [0.25, 0.3) is 0 Å². The Balaban J connectivity index is 1.51. The van der Waals surface area contributed by atoms with Gasteiger partial charge in [0, 0.05) is 30.1 Å². The molecule has 2 aromatic carbocycles. The molecule has 0 saturated carbocycles. The van der Waals surface area contributed by atoms with Gasteiger partial charge in [-0.25, -0.2) is 0 Å². The number of nitrogens with zero attached hydrogens (tertiary/aromatic N) is 1. The summed E-state index contributed by atoms with van der Waals surface area (Å²) in [6, 6.07) is 17.0. The third-order valence-corrected chi connectivity index (χ3v) is 5.82. The molecule has 2 aliphatic heterocycles. The minimum Gasteiger partial charge on any atom is -0.497 e. The van der Waals surface area contributed by atoms with Crippen LogP contribution in [0.5, 0.6) is 5.75 Å². The van der Waals surface area contributed by atoms with Crippen LogP contribution in [0.15, 0.2) is 48.5 Å². The van der Waals surface area contributed by atoms with Crippen molar-refractivity contribution >= 4 is 5.78 Å². The molecule has 0 spiro atoms. The number of hydrogen-bond acceptors (Lipinski definition) is 4. The van der Waals surface area contributed by atoms with E-state index in [4.69, 9.17) is 9.47 Å². The Kier molecular flexibility index (Phi) is 5.28. The van der Waals surface area contributed by atoms with E-state index in [2.05, 4.69) is 35.2 Å². The van der Waals surface area contributed by atoms with Gasteiger partial charge in [0.2, 0.25) is 0 Å². The highest BCUT2D eigenvalue weighted by molar-refractivity contribution is 5.98. The smallest absolute Gasteiger partial charge is 0.166 e. The quantitative estimate of drug-likeness (QED) is 0.754. The summed E-state index contributed by atoms with van der Waals surface area (Å²) in [5.74, 6) is 1.05. The van der Waals surface area contributed by atoms with E-state index >= 15 is 0 Å². The molecule has 4 rings (SSSR count). The molecule has 0 aromatic heterocycles. The molecule has 4 heteroatoms. The zero-order chi connectivity index (χ0) is 18.8. The van der Waals surface area contributed by atoms with Crippen LogP contribution in [0.1, 0.15) is 34.3 Å². The van der Waals surface area contributed by atoms with Crippen molar-refractivity contribution in [2.45, 2.75) is 38.4 Å². The Hall–Kier alpha value is -2.17. The maximum absolute atomic E-state index is 13.2. The Bertz CT molecular complexity index is 791. The van der Waals surface area contributed by atoms with Crippen LogP contribution in [0, 0.1) is 12.8 Å². The highest BCUT2D eigenvalue weighted by Gasteiger charge is 2.41. The largest absolute Gasteiger partial charge is 0.497 e. The van der Waals surface area contributed by atoms with E-state index in [9.17, 15) is 4.79 Å². The second-order valence-electron chi connectivity index (χ2n) is 7.77. The van der Waals surface area contributed by atoms with E-state index in [-0.39, 0.29) is 11.7 Å². The van der Waals surface area contributed by atoms with Crippen LogP contribution < -0.4 is 4.74 Å². The summed E-state index contributed by atoms with van der Waals surface area (Å²) in [6.45, 7) is 4.36. The average molecular weight is 365 g/mol. The lowest BCUT2D eigenvalue weighted by Gasteiger charge is -2.48. The standard InChI is InChI=1S/C23H27NO3/c1-16-8-18(12-22(9-16)26-2)23(25)19-10-20-14-27-15-21(11-19)24(20)13-17-6-4-3-5-7-17/h3-9,12,19-21H,10-11,13-15H2,1-2H3. The molecule has 4 nitrogen and oxygen atoms in total. The molecule has 2 atom stereocenters. The fraction of sp³-hybridized carbons (Fsp3) is 0.435. The molecule has 2 bridgehead atoms. The first-order valence-electron chi connectivity index (χ1n) is 9.71. The van der Waals surface area contributed by atoms with E-state index in [0.717, 1.165) is 36.3 Å². The van der Waals surface area contributed by atoms with Crippen molar-refractivity contribution in [2.75, 3.05) is 20.3 Å². The second kappa shape index (κ2) is 7.83. The Morgan fingerprint density at radius 3 is 2.48 bits per heavy atom. The second-order valence-corrected chi connectivity index (χ2v) is 7.77. The summed E-state index contributed by atoms with van der Waals surface area (Å²) < 4.78 is 11.2. The molecule has 2 unspecified atom stereocenters. The number of Topliss-reactive ketones (excluding diaryl/α,β-unsaturated/α-hetero) is 1. The fourth-order valence-corrected chi connectivity index (χ4v) is 4.50. The Morgan fingerprint density at radius 1 is 1.11 bits per heavy atom. The van der Waals surface area contributed by atoms with Gasteiger partial charge in [0.15, 0.2) is 5.78 Å². The van der Waals surface area contributed by atoms with Crippen molar-refractivity contribution in [2.24, 2.45) is 5.92 Å². The number of ketones is 1. The maximum atomic E-state index is 13.2. The van der Waals surface area contributed by atoms with Crippen molar-refractivity contribution in [3.8, 4) is 5.75 Å². The van der Waals surface area contributed by atoms with Gasteiger partial charge in [-0.3, -0.25) is 9.69 Å². The lowest BCUT2D eigenvalue weighted by atomic mass is 9.80. The van der Waals surface area contributed by atoms with Gasteiger partial charge in [-0.15, -0.1) is 0 Å². The third kappa shape index (κ3) is 3.92. The topological polar surface area (TPSA) is 38.8 Å². The van der Waals surface area contributed by atoms with Crippen LogP contribution in [0.2, 0.25) is 0 Å². The van der Waals surface area contributed by atoms with Crippen LogP contribution in [-0.2, 0) is 11.3 Å². The normalized spacial score (nSPS) is 25.2. The number of methoxy groups -OCH3 is 1. The Labute approximate surface area is 161 Å². The van der Waals surface area contributed by atoms with Gasteiger partial charge in [0.1, 0.15) is 5.75 Å². The fourth-order valence-electron chi connectivity index (χ4n) is 4.50. The number of morpholine rings is 1. The van der Waals surface area contributed by atoms with Gasteiger partial charge in [-0.1, -0.05) is 30.3 Å². The van der Waals surface area contributed by atoms with Gasteiger partial charge >= 0.3 is 0 Å². The molecule has 142 valence electrons. The minimum absolute atomic E-state index is 0.0578. The van der Waals surface area contributed by atoms with Gasteiger partial charge in [-0.2, -0.15) is 0 Å². The molecule has 2 aromatic rings. The van der Waals surface area contributed by atoms with Crippen LogP contribution in [-0.4, -0.2) is 43.1 Å². The predicted octanol–water partition coefficient (Wildman–Crippen LogP) is 3.87. The lowest BCUT2D eigenvalue weighted by Crippen LogP contribution is -2.57. The summed E-state index contributed by atoms with van der Waals surface area (Å²) >= 11 is 0. The average Bonchev–Trinajstić information content (AvgIpc) is 2.67. The first kappa shape index (κ1) is 18.2. The van der Waals surface area contributed by atoms with Crippen molar-refractivity contribution in [1.82, 2.24) is 4.90 Å². The van der Waals surface area contributed by atoms with Gasteiger partial charge < -0.3 is 9.47 Å². The molecule has 0 amide bonds. The summed E-state index contributed by atoms with van der Waals surface area (Å²) in [4.78, 5) is 15.7. The zero-order valence-electron chi connectivity index (χ0n) is 16.1. The zero-order valence-corrected chi connectivity index (χ0v) is 16.1. The predicted molar refractivity (Wildman–Crippen MR) is 105 cm³/mol. The summed E-state index contributed by atoms with van der Waals surface area (Å²) in [7, 11) is 1.65. The van der Waals surface area contributed by atoms with E-state index in [1.807, 2.05) is 25.1 Å². The van der Waals surface area contributed by atoms with Crippen molar-refractivity contribution in [1.29, 1.82) is 0 Å². The molecular formula is C23H27NO3.